The first kappa shape index (κ1) is 21.3. The predicted molar refractivity (Wildman–Crippen MR) is 125 cm³/mol. The monoisotopic (exact) mass is 433 g/mol. The zero-order valence-corrected chi connectivity index (χ0v) is 18.3. The Bertz CT molecular complexity index is 979. The molecule has 5 nitrogen and oxygen atoms in total. The van der Waals surface area contributed by atoms with Crippen molar-refractivity contribution in [2.75, 3.05) is 39.3 Å². The lowest BCUT2D eigenvalue weighted by atomic mass is 10.0. The normalized spacial score (nSPS) is 14.4. The summed E-state index contributed by atoms with van der Waals surface area (Å²) >= 11 is 1.55. The maximum Gasteiger partial charge on any atom is 0.254 e. The van der Waals surface area contributed by atoms with Gasteiger partial charge in [-0.3, -0.25) is 14.5 Å². The molecule has 1 aliphatic heterocycles. The molecule has 2 aromatic carbocycles. The third kappa shape index (κ3) is 5.81. The highest BCUT2D eigenvalue weighted by Crippen LogP contribution is 2.19. The van der Waals surface area contributed by atoms with Gasteiger partial charge in [-0.15, -0.1) is 0 Å². The third-order valence-electron chi connectivity index (χ3n) is 5.60. The SMILES string of the molecule is O=C(Cc1ccc(-c2ccccc2)cc1)NCCN1CCN(C(=O)c2ccsc2)CC1. The van der Waals surface area contributed by atoms with Crippen LogP contribution < -0.4 is 5.32 Å². The first-order chi connectivity index (χ1) is 15.2. The van der Waals surface area contributed by atoms with Gasteiger partial charge in [-0.25, -0.2) is 0 Å². The van der Waals surface area contributed by atoms with Crippen LogP contribution in [0.25, 0.3) is 11.1 Å². The Morgan fingerprint density at radius 3 is 2.26 bits per heavy atom. The maximum absolute atomic E-state index is 12.4. The van der Waals surface area contributed by atoms with Crippen molar-refractivity contribution in [2.45, 2.75) is 6.42 Å². The van der Waals surface area contributed by atoms with Crippen LogP contribution in [0.3, 0.4) is 0 Å². The summed E-state index contributed by atoms with van der Waals surface area (Å²) in [7, 11) is 0. The van der Waals surface area contributed by atoms with Crippen molar-refractivity contribution < 1.29 is 9.59 Å². The summed E-state index contributed by atoms with van der Waals surface area (Å²) in [5.41, 5.74) is 4.12. The fourth-order valence-electron chi connectivity index (χ4n) is 3.79. The van der Waals surface area contributed by atoms with Gasteiger partial charge < -0.3 is 10.2 Å². The Morgan fingerprint density at radius 2 is 1.58 bits per heavy atom. The zero-order chi connectivity index (χ0) is 21.5. The largest absolute Gasteiger partial charge is 0.355 e. The summed E-state index contributed by atoms with van der Waals surface area (Å²) in [5.74, 6) is 0.159. The molecule has 6 heteroatoms. The van der Waals surface area contributed by atoms with Crippen molar-refractivity contribution in [1.82, 2.24) is 15.1 Å². The summed E-state index contributed by atoms with van der Waals surface area (Å²) in [4.78, 5) is 28.9. The van der Waals surface area contributed by atoms with Crippen LogP contribution in [0.1, 0.15) is 15.9 Å². The van der Waals surface area contributed by atoms with Crippen molar-refractivity contribution in [1.29, 1.82) is 0 Å². The molecule has 0 radical (unpaired) electrons. The second-order valence-corrected chi connectivity index (χ2v) is 8.52. The molecule has 3 aromatic rings. The van der Waals surface area contributed by atoms with E-state index in [9.17, 15) is 9.59 Å². The number of hydrogen-bond donors (Lipinski definition) is 1. The van der Waals surface area contributed by atoms with Crippen molar-refractivity contribution in [2.24, 2.45) is 0 Å². The van der Waals surface area contributed by atoms with Gasteiger partial charge in [-0.05, 0) is 28.1 Å². The molecule has 2 amide bonds. The number of carbonyl (C=O) groups excluding carboxylic acids is 2. The Morgan fingerprint density at radius 1 is 0.871 bits per heavy atom. The van der Waals surface area contributed by atoms with E-state index in [0.717, 1.165) is 49.4 Å². The first-order valence-corrected chi connectivity index (χ1v) is 11.6. The summed E-state index contributed by atoms with van der Waals surface area (Å²) in [6.07, 6.45) is 0.387. The second-order valence-electron chi connectivity index (χ2n) is 7.74. The van der Waals surface area contributed by atoms with E-state index >= 15 is 0 Å². The van der Waals surface area contributed by atoms with Crippen molar-refractivity contribution in [3.63, 3.8) is 0 Å². The van der Waals surface area contributed by atoms with Crippen LogP contribution in [0.4, 0.5) is 0 Å². The molecule has 0 unspecified atom stereocenters. The molecule has 0 atom stereocenters. The van der Waals surface area contributed by atoms with Crippen LogP contribution in [-0.4, -0.2) is 60.9 Å². The Balaban J connectivity index is 1.16. The number of piperazine rings is 1. The summed E-state index contributed by atoms with van der Waals surface area (Å²) < 4.78 is 0. The maximum atomic E-state index is 12.4. The minimum Gasteiger partial charge on any atom is -0.355 e. The Labute approximate surface area is 187 Å². The predicted octanol–water partition coefficient (Wildman–Crippen LogP) is 3.53. The molecule has 31 heavy (non-hydrogen) atoms. The Kier molecular flexibility index (Phi) is 7.12. The van der Waals surface area contributed by atoms with Gasteiger partial charge in [0.15, 0.2) is 0 Å². The molecule has 4 rings (SSSR count). The fraction of sp³-hybridized carbons (Fsp3) is 0.280. The quantitative estimate of drug-likeness (QED) is 0.620. The molecular weight excluding hydrogens is 406 g/mol. The molecule has 0 bridgehead atoms. The molecule has 1 aliphatic rings. The molecule has 0 aliphatic carbocycles. The van der Waals surface area contributed by atoms with Crippen molar-refractivity contribution in [3.05, 3.63) is 82.6 Å². The number of rotatable bonds is 7. The zero-order valence-electron chi connectivity index (χ0n) is 17.5. The number of nitrogens with zero attached hydrogens (tertiary/aromatic N) is 2. The van der Waals surface area contributed by atoms with Gasteiger partial charge in [0.05, 0.1) is 12.0 Å². The van der Waals surface area contributed by atoms with E-state index in [1.165, 1.54) is 5.56 Å². The molecule has 0 spiro atoms. The van der Waals surface area contributed by atoms with Crippen LogP contribution in [-0.2, 0) is 11.2 Å². The van der Waals surface area contributed by atoms with E-state index in [4.69, 9.17) is 0 Å². The van der Waals surface area contributed by atoms with Gasteiger partial charge in [0.1, 0.15) is 0 Å². The average Bonchev–Trinajstić information content (AvgIpc) is 3.35. The Hall–Kier alpha value is -2.96. The third-order valence-corrected chi connectivity index (χ3v) is 6.29. The summed E-state index contributed by atoms with van der Waals surface area (Å²) in [6, 6.07) is 20.3. The number of amides is 2. The van der Waals surface area contributed by atoms with Gasteiger partial charge in [0, 0.05) is 44.6 Å². The highest BCUT2D eigenvalue weighted by molar-refractivity contribution is 7.08. The lowest BCUT2D eigenvalue weighted by Gasteiger charge is -2.34. The fourth-order valence-corrected chi connectivity index (χ4v) is 4.42. The van der Waals surface area contributed by atoms with Gasteiger partial charge in [-0.1, -0.05) is 54.6 Å². The van der Waals surface area contributed by atoms with Crippen LogP contribution >= 0.6 is 11.3 Å². The molecular formula is C25H27N3O2S. The highest BCUT2D eigenvalue weighted by Gasteiger charge is 2.22. The van der Waals surface area contributed by atoms with Crippen LogP contribution in [0, 0.1) is 0 Å². The van der Waals surface area contributed by atoms with Crippen LogP contribution in [0.15, 0.2) is 71.4 Å². The van der Waals surface area contributed by atoms with Crippen LogP contribution in [0.5, 0.6) is 0 Å². The first-order valence-electron chi connectivity index (χ1n) is 10.6. The molecule has 1 aromatic heterocycles. The van der Waals surface area contributed by atoms with Gasteiger partial charge in [0.25, 0.3) is 5.91 Å². The lowest BCUT2D eigenvalue weighted by molar-refractivity contribution is -0.120. The number of thiophene rings is 1. The number of nitrogens with one attached hydrogen (secondary N) is 1. The van der Waals surface area contributed by atoms with E-state index < -0.39 is 0 Å². The minimum absolute atomic E-state index is 0.0405. The molecule has 1 fully saturated rings. The topological polar surface area (TPSA) is 52.7 Å². The van der Waals surface area contributed by atoms with Crippen molar-refractivity contribution >= 4 is 23.2 Å². The highest BCUT2D eigenvalue weighted by atomic mass is 32.1. The second kappa shape index (κ2) is 10.4. The standard InChI is InChI=1S/C25H27N3O2S/c29-24(18-20-6-8-22(9-7-20)21-4-2-1-3-5-21)26-11-12-27-13-15-28(16-14-27)25(30)23-10-17-31-19-23/h1-10,17,19H,11-16,18H2,(H,26,29). The minimum atomic E-state index is 0.0405. The van der Waals surface area contributed by atoms with E-state index in [-0.39, 0.29) is 11.8 Å². The lowest BCUT2D eigenvalue weighted by Crippen LogP contribution is -2.50. The van der Waals surface area contributed by atoms with Gasteiger partial charge in [-0.2, -0.15) is 11.3 Å². The molecule has 160 valence electrons. The van der Waals surface area contributed by atoms with Gasteiger partial charge in [0.2, 0.25) is 5.91 Å². The van der Waals surface area contributed by atoms with E-state index in [1.807, 2.05) is 52.1 Å². The molecule has 2 heterocycles. The number of hydrogen-bond acceptors (Lipinski definition) is 4. The molecule has 0 saturated carbocycles. The van der Waals surface area contributed by atoms with Crippen LogP contribution in [0.2, 0.25) is 0 Å². The number of carbonyl (C=O) groups is 2. The van der Waals surface area contributed by atoms with E-state index in [1.54, 1.807) is 11.3 Å². The van der Waals surface area contributed by atoms with Crippen molar-refractivity contribution in [3.8, 4) is 11.1 Å². The molecule has 1 N–H and O–H groups in total. The van der Waals surface area contributed by atoms with E-state index in [0.29, 0.717) is 13.0 Å². The van der Waals surface area contributed by atoms with Gasteiger partial charge >= 0.3 is 0 Å². The summed E-state index contributed by atoms with van der Waals surface area (Å²) in [5, 5.41) is 6.86. The summed E-state index contributed by atoms with van der Waals surface area (Å²) in [6.45, 7) is 4.57. The smallest absolute Gasteiger partial charge is 0.254 e. The average molecular weight is 434 g/mol. The molecule has 1 saturated heterocycles. The number of benzene rings is 2. The van der Waals surface area contributed by atoms with E-state index in [2.05, 4.69) is 34.5 Å².